The second kappa shape index (κ2) is 8.81. The van der Waals surface area contributed by atoms with Crippen LogP contribution in [-0.2, 0) is 0 Å². The number of thioether (sulfide) groups is 1. The van der Waals surface area contributed by atoms with Crippen LogP contribution in [0.15, 0.2) is 59.7 Å². The topological polar surface area (TPSA) is 22.1 Å². The van der Waals surface area contributed by atoms with Gasteiger partial charge in [0.2, 0.25) is 0 Å². The first-order chi connectivity index (χ1) is 13.3. The molecular formula is C22H28N4S. The maximum atomic E-state index is 4.52. The molecule has 1 atom stereocenters. The number of allylic oxidation sites excluding steroid dienone is 1. The monoisotopic (exact) mass is 380 g/mol. The molecule has 2 aliphatic heterocycles. The highest BCUT2D eigenvalue weighted by Gasteiger charge is 2.18. The van der Waals surface area contributed by atoms with Crippen molar-refractivity contribution >= 4 is 34.4 Å². The number of benzene rings is 2. The van der Waals surface area contributed by atoms with Gasteiger partial charge >= 0.3 is 0 Å². The molecule has 1 saturated heterocycles. The third-order valence-electron chi connectivity index (χ3n) is 5.33. The van der Waals surface area contributed by atoms with E-state index in [9.17, 15) is 0 Å². The summed E-state index contributed by atoms with van der Waals surface area (Å²) in [6, 6.07) is 15.4. The summed E-state index contributed by atoms with van der Waals surface area (Å²) in [7, 11) is 2.09. The van der Waals surface area contributed by atoms with Gasteiger partial charge in [-0.25, -0.2) is 0 Å². The summed E-state index contributed by atoms with van der Waals surface area (Å²) in [5.74, 6) is 1.16. The Hall–Kier alpha value is -1.98. The first-order valence-electron chi connectivity index (χ1n) is 9.80. The first kappa shape index (κ1) is 18.4. The highest BCUT2D eigenvalue weighted by atomic mass is 32.2. The average Bonchev–Trinajstić information content (AvgIpc) is 2.72. The Morgan fingerprint density at radius 1 is 1.04 bits per heavy atom. The maximum Gasteiger partial charge on any atom is 0.168 e. The highest BCUT2D eigenvalue weighted by Crippen LogP contribution is 2.27. The smallest absolute Gasteiger partial charge is 0.168 e. The van der Waals surface area contributed by atoms with Gasteiger partial charge in [0.25, 0.3) is 0 Å². The molecule has 1 fully saturated rings. The van der Waals surface area contributed by atoms with E-state index in [1.165, 1.54) is 29.4 Å². The van der Waals surface area contributed by atoms with E-state index >= 15 is 0 Å². The van der Waals surface area contributed by atoms with Crippen LogP contribution in [0.1, 0.15) is 6.42 Å². The zero-order chi connectivity index (χ0) is 18.5. The number of aliphatic imine (C=N–C) groups is 1. The van der Waals surface area contributed by atoms with Crippen LogP contribution >= 0.6 is 11.8 Å². The van der Waals surface area contributed by atoms with Crippen LogP contribution in [-0.4, -0.2) is 67.0 Å². The summed E-state index contributed by atoms with van der Waals surface area (Å²) < 4.78 is 0. The first-order valence-corrected chi connectivity index (χ1v) is 10.8. The molecule has 5 heteroatoms. The highest BCUT2D eigenvalue weighted by molar-refractivity contribution is 7.99. The van der Waals surface area contributed by atoms with Gasteiger partial charge in [-0.2, -0.15) is 0 Å². The molecule has 142 valence electrons. The predicted molar refractivity (Wildman–Crippen MR) is 119 cm³/mol. The molecular weight excluding hydrogens is 352 g/mol. The number of hydrogen-bond acceptors (Lipinski definition) is 5. The van der Waals surface area contributed by atoms with E-state index in [-0.39, 0.29) is 5.50 Å². The molecule has 2 aromatic rings. The molecule has 2 heterocycles. The van der Waals surface area contributed by atoms with Crippen LogP contribution in [0.4, 0.5) is 5.69 Å². The number of rotatable bonds is 6. The van der Waals surface area contributed by atoms with Crippen molar-refractivity contribution in [3.05, 3.63) is 54.7 Å². The van der Waals surface area contributed by atoms with E-state index in [0.717, 1.165) is 31.9 Å². The van der Waals surface area contributed by atoms with Crippen LogP contribution in [0.3, 0.4) is 0 Å². The van der Waals surface area contributed by atoms with Crippen molar-refractivity contribution in [2.24, 2.45) is 4.99 Å². The third kappa shape index (κ3) is 4.47. The Labute approximate surface area is 166 Å². The molecule has 0 radical (unpaired) electrons. The third-order valence-corrected chi connectivity index (χ3v) is 6.61. The predicted octanol–water partition coefficient (Wildman–Crippen LogP) is 3.90. The van der Waals surface area contributed by atoms with Gasteiger partial charge in [0.1, 0.15) is 0 Å². The second-order valence-corrected chi connectivity index (χ2v) is 8.35. The lowest BCUT2D eigenvalue weighted by Gasteiger charge is -2.36. The van der Waals surface area contributed by atoms with Crippen molar-refractivity contribution in [3.8, 4) is 0 Å². The lowest BCUT2D eigenvalue weighted by Crippen LogP contribution is -2.46. The summed E-state index contributed by atoms with van der Waals surface area (Å²) in [5.41, 5.74) is 1.63. The van der Waals surface area contributed by atoms with E-state index in [4.69, 9.17) is 0 Å². The average molecular weight is 381 g/mol. The number of nitrogens with zero attached hydrogens (tertiary/aromatic N) is 4. The summed E-state index contributed by atoms with van der Waals surface area (Å²) in [4.78, 5) is 11.8. The van der Waals surface area contributed by atoms with Crippen LogP contribution in [0.5, 0.6) is 0 Å². The summed E-state index contributed by atoms with van der Waals surface area (Å²) >= 11 is 1.93. The number of hydrogen-bond donors (Lipinski definition) is 0. The van der Waals surface area contributed by atoms with E-state index in [0.29, 0.717) is 0 Å². The lowest BCUT2D eigenvalue weighted by atomic mass is 10.1. The molecule has 4 nitrogen and oxygen atoms in total. The van der Waals surface area contributed by atoms with Gasteiger partial charge in [-0.3, -0.25) is 9.89 Å². The van der Waals surface area contributed by atoms with Gasteiger partial charge in [0.05, 0.1) is 0 Å². The van der Waals surface area contributed by atoms with Crippen molar-refractivity contribution in [2.75, 3.05) is 50.4 Å². The quantitative estimate of drug-likeness (QED) is 0.709. The number of anilines is 1. The molecule has 2 aliphatic rings. The zero-order valence-corrected chi connectivity index (χ0v) is 16.8. The normalized spacial score (nSPS) is 20.6. The van der Waals surface area contributed by atoms with Crippen molar-refractivity contribution in [2.45, 2.75) is 11.9 Å². The van der Waals surface area contributed by atoms with Crippen LogP contribution < -0.4 is 4.90 Å². The fraction of sp³-hybridized carbons (Fsp3) is 0.409. The Morgan fingerprint density at radius 2 is 1.85 bits per heavy atom. The Kier molecular flexibility index (Phi) is 6.00. The minimum absolute atomic E-state index is 0.248. The van der Waals surface area contributed by atoms with E-state index in [2.05, 4.69) is 75.4 Å². The summed E-state index contributed by atoms with van der Waals surface area (Å²) in [6.45, 7) is 5.71. The van der Waals surface area contributed by atoms with Crippen LogP contribution in [0.2, 0.25) is 0 Å². The van der Waals surface area contributed by atoms with E-state index in [1.807, 2.05) is 24.1 Å². The number of piperazine rings is 1. The molecule has 27 heavy (non-hydrogen) atoms. The van der Waals surface area contributed by atoms with Crippen molar-refractivity contribution in [1.82, 2.24) is 9.80 Å². The molecule has 1 unspecified atom stereocenters. The minimum atomic E-state index is 0.248. The molecule has 0 saturated carbocycles. The van der Waals surface area contributed by atoms with Gasteiger partial charge in [-0.15, -0.1) is 11.8 Å². The Balaban J connectivity index is 1.23. The fourth-order valence-electron chi connectivity index (χ4n) is 3.81. The Morgan fingerprint density at radius 3 is 2.70 bits per heavy atom. The van der Waals surface area contributed by atoms with Gasteiger partial charge in [0.15, 0.2) is 5.50 Å². The van der Waals surface area contributed by atoms with E-state index < -0.39 is 0 Å². The standard InChI is InChI=1S/C22H28N4S/c1-24-12-5-11-23-22(24)27-18-6-13-25-14-16-26(17-15-25)21-10-4-8-19-7-2-3-9-20(19)21/h2-5,7-12,22H,6,13-18H2,1H3. The van der Waals surface area contributed by atoms with Gasteiger partial charge < -0.3 is 9.80 Å². The Bertz CT molecular complexity index is 806. The fourth-order valence-corrected chi connectivity index (χ4v) is 4.78. The maximum absolute atomic E-state index is 4.52. The molecule has 0 amide bonds. The molecule has 0 bridgehead atoms. The van der Waals surface area contributed by atoms with Crippen molar-refractivity contribution in [3.63, 3.8) is 0 Å². The minimum Gasteiger partial charge on any atom is -0.368 e. The van der Waals surface area contributed by atoms with E-state index in [1.54, 1.807) is 0 Å². The van der Waals surface area contributed by atoms with Crippen LogP contribution in [0, 0.1) is 0 Å². The van der Waals surface area contributed by atoms with Crippen LogP contribution in [0.25, 0.3) is 10.8 Å². The molecule has 0 aliphatic carbocycles. The second-order valence-electron chi connectivity index (χ2n) is 7.18. The molecule has 0 N–H and O–H groups in total. The molecule has 2 aromatic carbocycles. The molecule has 0 spiro atoms. The number of fused-ring (bicyclic) bond motifs is 1. The lowest BCUT2D eigenvalue weighted by molar-refractivity contribution is 0.259. The van der Waals surface area contributed by atoms with Gasteiger partial charge in [0, 0.05) is 56.7 Å². The summed E-state index contributed by atoms with van der Waals surface area (Å²) in [6.07, 6.45) is 7.22. The summed E-state index contributed by atoms with van der Waals surface area (Å²) in [5, 5.41) is 2.70. The van der Waals surface area contributed by atoms with Crippen molar-refractivity contribution < 1.29 is 0 Å². The van der Waals surface area contributed by atoms with Crippen molar-refractivity contribution in [1.29, 1.82) is 0 Å². The molecule has 0 aromatic heterocycles. The largest absolute Gasteiger partial charge is 0.368 e. The molecule has 4 rings (SSSR count). The van der Waals surface area contributed by atoms with Gasteiger partial charge in [-0.1, -0.05) is 36.4 Å². The zero-order valence-electron chi connectivity index (χ0n) is 16.0. The SMILES string of the molecule is CN1C=CC=NC1SCCCN1CCN(c2cccc3ccccc23)CC1. The van der Waals surface area contributed by atoms with Gasteiger partial charge in [-0.05, 0) is 36.2 Å².